The van der Waals surface area contributed by atoms with E-state index < -0.39 is 11.7 Å². The molecule has 1 N–H and O–H groups in total. The Balaban J connectivity index is 1.70. The van der Waals surface area contributed by atoms with Gasteiger partial charge in [0, 0.05) is 11.6 Å². The number of ether oxygens (including phenoxy) is 2. The number of anilines is 1. The molecule has 0 unspecified atom stereocenters. The van der Waals surface area contributed by atoms with Crippen molar-refractivity contribution in [3.63, 3.8) is 0 Å². The second-order valence-electron chi connectivity index (χ2n) is 7.38. The first-order valence-corrected chi connectivity index (χ1v) is 9.13. The minimum absolute atomic E-state index is 0.221. The highest BCUT2D eigenvalue weighted by atomic mass is 16.6. The average molecular weight is 380 g/mol. The molecule has 28 heavy (non-hydrogen) atoms. The molecule has 0 bridgehead atoms. The number of amides is 1. The second kappa shape index (κ2) is 8.17. The monoisotopic (exact) mass is 380 g/mol. The van der Waals surface area contributed by atoms with Gasteiger partial charge in [-0.2, -0.15) is 0 Å². The molecule has 6 heteroatoms. The molecule has 1 amide bonds. The number of hydrogen-bond donors (Lipinski definition) is 1. The normalized spacial score (nSPS) is 11.2. The van der Waals surface area contributed by atoms with E-state index in [-0.39, 0.29) is 12.6 Å². The number of nitrogens with zero attached hydrogens (tertiary/aromatic N) is 1. The number of carbonyl (C=O) groups excluding carboxylic acids is 2. The maximum Gasteiger partial charge on any atom is 0.412 e. The molecule has 0 atom stereocenters. The lowest BCUT2D eigenvalue weighted by molar-refractivity contribution is 0.0492. The summed E-state index contributed by atoms with van der Waals surface area (Å²) in [5, 5.41) is 3.69. The number of hydrogen-bond acceptors (Lipinski definition) is 4. The fraction of sp³-hybridized carbons (Fsp3) is 0.273. The van der Waals surface area contributed by atoms with Gasteiger partial charge in [0.05, 0.1) is 23.3 Å². The zero-order chi connectivity index (χ0) is 20.1. The summed E-state index contributed by atoms with van der Waals surface area (Å²) in [6, 6.07) is 16.6. The van der Waals surface area contributed by atoms with Gasteiger partial charge in [-0.05, 0) is 39.0 Å². The van der Waals surface area contributed by atoms with Crippen LogP contribution in [-0.4, -0.2) is 28.8 Å². The van der Waals surface area contributed by atoms with Crippen LogP contribution in [0.4, 0.5) is 10.5 Å². The molecule has 146 valence electrons. The third-order valence-electron chi connectivity index (χ3n) is 4.00. The molecule has 3 aromatic rings. The van der Waals surface area contributed by atoms with E-state index in [1.165, 1.54) is 0 Å². The zero-order valence-electron chi connectivity index (χ0n) is 16.3. The van der Waals surface area contributed by atoms with Crippen molar-refractivity contribution in [2.75, 3.05) is 11.9 Å². The summed E-state index contributed by atoms with van der Waals surface area (Å²) in [7, 11) is 0. The van der Waals surface area contributed by atoms with E-state index in [1.54, 1.807) is 24.3 Å². The van der Waals surface area contributed by atoms with Crippen LogP contribution in [0, 0.1) is 0 Å². The molecular weight excluding hydrogens is 356 g/mol. The van der Waals surface area contributed by atoms with E-state index in [2.05, 4.69) is 5.32 Å². The highest BCUT2D eigenvalue weighted by Crippen LogP contribution is 2.26. The van der Waals surface area contributed by atoms with Crippen LogP contribution in [0.5, 0.6) is 0 Å². The average Bonchev–Trinajstić information content (AvgIpc) is 2.98. The Kier molecular flexibility index (Phi) is 5.68. The summed E-state index contributed by atoms with van der Waals surface area (Å²) in [5.74, 6) is -0.357. The van der Waals surface area contributed by atoms with E-state index in [1.807, 2.05) is 61.9 Å². The topological polar surface area (TPSA) is 69.6 Å². The zero-order valence-corrected chi connectivity index (χ0v) is 16.3. The molecule has 3 rings (SSSR count). The summed E-state index contributed by atoms with van der Waals surface area (Å²) < 4.78 is 12.6. The van der Waals surface area contributed by atoms with Crippen LogP contribution in [0.25, 0.3) is 10.9 Å². The summed E-state index contributed by atoms with van der Waals surface area (Å²) in [6.07, 6.45) is 1.32. The summed E-state index contributed by atoms with van der Waals surface area (Å²) in [5.41, 5.74) is 1.53. The smallest absolute Gasteiger partial charge is 0.412 e. The first kappa shape index (κ1) is 19.5. The number of fused-ring (bicyclic) bond motifs is 1. The number of carbonyl (C=O) groups is 2. The van der Waals surface area contributed by atoms with Gasteiger partial charge in [-0.3, -0.25) is 5.32 Å². The van der Waals surface area contributed by atoms with Gasteiger partial charge in [0.2, 0.25) is 0 Å². The molecule has 0 radical (unpaired) electrons. The molecule has 0 aliphatic rings. The number of aromatic nitrogens is 1. The predicted molar refractivity (Wildman–Crippen MR) is 109 cm³/mol. The molecule has 0 aliphatic carbocycles. The standard InChI is InChI=1S/C22H24N2O4/c1-22(2,3)28-21(26)23-18-15-24(19-12-8-7-11-17(18)19)13-14-27-20(25)16-9-5-4-6-10-16/h4-12,15H,13-14H2,1-3H3,(H,23,26). The van der Waals surface area contributed by atoms with Gasteiger partial charge in [-0.25, -0.2) is 9.59 Å². The third kappa shape index (κ3) is 4.91. The number of esters is 1. The van der Waals surface area contributed by atoms with Gasteiger partial charge >= 0.3 is 12.1 Å². The van der Waals surface area contributed by atoms with E-state index >= 15 is 0 Å². The molecule has 6 nitrogen and oxygen atoms in total. The van der Waals surface area contributed by atoms with Crippen LogP contribution in [-0.2, 0) is 16.0 Å². The van der Waals surface area contributed by atoms with Gasteiger partial charge in [0.15, 0.2) is 0 Å². The maximum atomic E-state index is 12.1. The summed E-state index contributed by atoms with van der Waals surface area (Å²) in [4.78, 5) is 24.2. The van der Waals surface area contributed by atoms with Gasteiger partial charge in [-0.15, -0.1) is 0 Å². The Morgan fingerprint density at radius 1 is 1.00 bits per heavy atom. The van der Waals surface area contributed by atoms with Crippen molar-refractivity contribution in [3.05, 3.63) is 66.4 Å². The molecule has 0 saturated carbocycles. The second-order valence-corrected chi connectivity index (χ2v) is 7.38. The largest absolute Gasteiger partial charge is 0.460 e. The Hall–Kier alpha value is -3.28. The first-order chi connectivity index (χ1) is 13.3. The van der Waals surface area contributed by atoms with Crippen LogP contribution in [0.15, 0.2) is 60.8 Å². The quantitative estimate of drug-likeness (QED) is 0.643. The minimum Gasteiger partial charge on any atom is -0.460 e. The Labute approximate surface area is 164 Å². The Morgan fingerprint density at radius 3 is 2.39 bits per heavy atom. The highest BCUT2D eigenvalue weighted by Gasteiger charge is 2.18. The molecule has 2 aromatic carbocycles. The Bertz CT molecular complexity index is 971. The van der Waals surface area contributed by atoms with Crippen LogP contribution >= 0.6 is 0 Å². The van der Waals surface area contributed by atoms with E-state index in [0.29, 0.717) is 17.8 Å². The van der Waals surface area contributed by atoms with Gasteiger partial charge in [0.1, 0.15) is 12.2 Å². The SMILES string of the molecule is CC(C)(C)OC(=O)Nc1cn(CCOC(=O)c2ccccc2)c2ccccc12. The molecular formula is C22H24N2O4. The van der Waals surface area contributed by atoms with Crippen LogP contribution in [0.3, 0.4) is 0 Å². The van der Waals surface area contributed by atoms with Crippen molar-refractivity contribution < 1.29 is 19.1 Å². The fourth-order valence-electron chi connectivity index (χ4n) is 2.84. The van der Waals surface area contributed by atoms with Crippen molar-refractivity contribution >= 4 is 28.7 Å². The van der Waals surface area contributed by atoms with E-state index in [0.717, 1.165) is 10.9 Å². The van der Waals surface area contributed by atoms with E-state index in [4.69, 9.17) is 9.47 Å². The fourth-order valence-corrected chi connectivity index (χ4v) is 2.84. The molecule has 0 aliphatic heterocycles. The molecule has 0 spiro atoms. The summed E-state index contributed by atoms with van der Waals surface area (Å²) in [6.45, 7) is 6.14. The van der Waals surface area contributed by atoms with Gasteiger partial charge in [0.25, 0.3) is 0 Å². The number of para-hydroxylation sites is 1. The van der Waals surface area contributed by atoms with Crippen LogP contribution in [0.1, 0.15) is 31.1 Å². The highest BCUT2D eigenvalue weighted by molar-refractivity contribution is 5.99. The molecule has 0 saturated heterocycles. The summed E-state index contributed by atoms with van der Waals surface area (Å²) >= 11 is 0. The van der Waals surface area contributed by atoms with Crippen molar-refractivity contribution in [2.24, 2.45) is 0 Å². The van der Waals surface area contributed by atoms with Crippen molar-refractivity contribution in [2.45, 2.75) is 32.9 Å². The number of rotatable bonds is 5. The maximum absolute atomic E-state index is 12.1. The van der Waals surface area contributed by atoms with Crippen molar-refractivity contribution in [1.82, 2.24) is 4.57 Å². The molecule has 0 fully saturated rings. The van der Waals surface area contributed by atoms with Gasteiger partial charge in [-0.1, -0.05) is 36.4 Å². The number of benzene rings is 2. The first-order valence-electron chi connectivity index (χ1n) is 9.13. The molecule has 1 aromatic heterocycles. The lowest BCUT2D eigenvalue weighted by atomic mass is 10.2. The van der Waals surface area contributed by atoms with Crippen molar-refractivity contribution in [3.8, 4) is 0 Å². The van der Waals surface area contributed by atoms with Crippen LogP contribution in [0.2, 0.25) is 0 Å². The van der Waals surface area contributed by atoms with Crippen LogP contribution < -0.4 is 5.32 Å². The van der Waals surface area contributed by atoms with Gasteiger partial charge < -0.3 is 14.0 Å². The Morgan fingerprint density at radius 2 is 1.68 bits per heavy atom. The predicted octanol–water partition coefficient (Wildman–Crippen LogP) is 4.85. The lowest BCUT2D eigenvalue weighted by Crippen LogP contribution is -2.27. The molecule has 1 heterocycles. The van der Waals surface area contributed by atoms with E-state index in [9.17, 15) is 9.59 Å². The minimum atomic E-state index is -0.575. The van der Waals surface area contributed by atoms with Crippen molar-refractivity contribution in [1.29, 1.82) is 0 Å². The lowest BCUT2D eigenvalue weighted by Gasteiger charge is -2.19. The third-order valence-corrected chi connectivity index (χ3v) is 4.00. The number of nitrogens with one attached hydrogen (secondary N) is 1.